The zero-order valence-electron chi connectivity index (χ0n) is 6.90. The maximum absolute atomic E-state index is 5.44. The van der Waals surface area contributed by atoms with Crippen molar-refractivity contribution in [2.45, 2.75) is 0 Å². The van der Waals surface area contributed by atoms with Gasteiger partial charge in [0.1, 0.15) is 11.8 Å². The Morgan fingerprint density at radius 3 is 3.00 bits per heavy atom. The fourth-order valence-corrected chi connectivity index (χ4v) is 1.57. The monoisotopic (exact) mass is 169 g/mol. The van der Waals surface area contributed by atoms with E-state index in [0.717, 1.165) is 22.1 Å². The highest BCUT2D eigenvalue weighted by atomic mass is 16.3. The van der Waals surface area contributed by atoms with Gasteiger partial charge >= 0.3 is 0 Å². The Kier molecular flexibility index (Phi) is 1.19. The van der Waals surface area contributed by atoms with E-state index in [4.69, 9.17) is 4.42 Å². The average Bonchev–Trinajstić information content (AvgIpc) is 2.65. The van der Waals surface area contributed by atoms with E-state index in [1.807, 2.05) is 36.7 Å². The normalized spacial score (nSPS) is 11.1. The quantitative estimate of drug-likeness (QED) is 0.517. The summed E-state index contributed by atoms with van der Waals surface area (Å²) in [5, 5.41) is 1.12. The summed E-state index contributed by atoms with van der Waals surface area (Å²) in [6.45, 7) is 0. The summed E-state index contributed by atoms with van der Waals surface area (Å²) in [5.41, 5.74) is 3.11. The maximum Gasteiger partial charge on any atom is 0.134 e. The molecular formula is C11H7NO. The Morgan fingerprint density at radius 1 is 1.08 bits per heavy atom. The number of nitrogens with zero attached hydrogens (tertiary/aromatic N) is 1. The summed E-state index contributed by atoms with van der Waals surface area (Å²) < 4.78 is 5.44. The average molecular weight is 169 g/mol. The topological polar surface area (TPSA) is 26.0 Å². The highest BCUT2D eigenvalue weighted by molar-refractivity contribution is 5.93. The number of rotatable bonds is 0. The molecule has 0 amide bonds. The van der Waals surface area contributed by atoms with Crippen molar-refractivity contribution in [1.29, 1.82) is 0 Å². The van der Waals surface area contributed by atoms with Crippen molar-refractivity contribution < 1.29 is 4.42 Å². The van der Waals surface area contributed by atoms with E-state index in [0.29, 0.717) is 0 Å². The van der Waals surface area contributed by atoms with E-state index in [2.05, 4.69) is 4.98 Å². The zero-order valence-corrected chi connectivity index (χ0v) is 6.90. The summed E-state index contributed by atoms with van der Waals surface area (Å²) in [6.07, 6.45) is 5.42. The minimum Gasteiger partial charge on any atom is -0.464 e. The first kappa shape index (κ1) is 6.66. The SMILES string of the molecule is c1ccc2c3cncc-3coc2c1. The van der Waals surface area contributed by atoms with Crippen LogP contribution in [0.5, 0.6) is 0 Å². The fraction of sp³-hybridized carbons (Fsp3) is 0. The molecule has 0 aliphatic carbocycles. The molecule has 2 nitrogen and oxygen atoms in total. The van der Waals surface area contributed by atoms with Gasteiger partial charge in [-0.3, -0.25) is 4.98 Å². The van der Waals surface area contributed by atoms with Gasteiger partial charge in [0.15, 0.2) is 0 Å². The van der Waals surface area contributed by atoms with Crippen molar-refractivity contribution in [1.82, 2.24) is 4.98 Å². The number of aromatic nitrogens is 1. The molecule has 3 rings (SSSR count). The van der Waals surface area contributed by atoms with Gasteiger partial charge < -0.3 is 4.42 Å². The molecule has 2 heteroatoms. The van der Waals surface area contributed by atoms with Crippen LogP contribution in [0.15, 0.2) is 47.3 Å². The Balaban J connectivity index is 2.57. The largest absolute Gasteiger partial charge is 0.464 e. The van der Waals surface area contributed by atoms with Crippen molar-refractivity contribution >= 4 is 11.0 Å². The first-order valence-corrected chi connectivity index (χ1v) is 4.15. The predicted octanol–water partition coefficient (Wildman–Crippen LogP) is 2.93. The van der Waals surface area contributed by atoms with E-state index in [-0.39, 0.29) is 0 Å². The lowest BCUT2D eigenvalue weighted by atomic mass is 10.1. The second-order valence-electron chi connectivity index (χ2n) is 3.01. The Morgan fingerprint density at radius 2 is 2.00 bits per heavy atom. The van der Waals surface area contributed by atoms with E-state index in [1.54, 1.807) is 6.26 Å². The molecular weight excluding hydrogens is 162 g/mol. The smallest absolute Gasteiger partial charge is 0.134 e. The van der Waals surface area contributed by atoms with Crippen LogP contribution >= 0.6 is 0 Å². The molecule has 0 aromatic heterocycles. The predicted molar refractivity (Wildman–Crippen MR) is 50.6 cm³/mol. The fourth-order valence-electron chi connectivity index (χ4n) is 1.57. The van der Waals surface area contributed by atoms with Gasteiger partial charge in [-0.25, -0.2) is 0 Å². The second kappa shape index (κ2) is 2.33. The van der Waals surface area contributed by atoms with Gasteiger partial charge in [-0.05, 0) is 6.07 Å². The van der Waals surface area contributed by atoms with Gasteiger partial charge in [0.25, 0.3) is 0 Å². The lowest BCUT2D eigenvalue weighted by Crippen LogP contribution is -1.77. The Bertz CT molecular complexity index is 527. The molecule has 0 unspecified atom stereocenters. The molecule has 1 aromatic rings. The standard InChI is InChI=1S/C11H7NO/c1-2-4-11-9(3-1)10-6-12-5-8(10)7-13-11/h1-7H. The van der Waals surface area contributed by atoms with E-state index in [1.165, 1.54) is 0 Å². The van der Waals surface area contributed by atoms with Crippen molar-refractivity contribution in [3.8, 4) is 11.1 Å². The van der Waals surface area contributed by atoms with Crippen molar-refractivity contribution in [2.75, 3.05) is 0 Å². The molecule has 2 aliphatic rings. The van der Waals surface area contributed by atoms with Gasteiger partial charge in [0.05, 0.1) is 0 Å². The molecule has 2 heterocycles. The van der Waals surface area contributed by atoms with Crippen molar-refractivity contribution in [3.05, 3.63) is 42.9 Å². The lowest BCUT2D eigenvalue weighted by molar-refractivity contribution is 0.606. The van der Waals surface area contributed by atoms with Crippen LogP contribution in [-0.4, -0.2) is 4.98 Å². The molecule has 0 radical (unpaired) electrons. The van der Waals surface area contributed by atoms with Crippen LogP contribution in [0.2, 0.25) is 0 Å². The van der Waals surface area contributed by atoms with E-state index in [9.17, 15) is 0 Å². The molecule has 0 saturated carbocycles. The van der Waals surface area contributed by atoms with Crippen molar-refractivity contribution in [3.63, 3.8) is 0 Å². The molecule has 0 spiro atoms. The van der Waals surface area contributed by atoms with Crippen LogP contribution in [0, 0.1) is 0 Å². The molecule has 0 fully saturated rings. The number of para-hydroxylation sites is 1. The van der Waals surface area contributed by atoms with E-state index < -0.39 is 0 Å². The van der Waals surface area contributed by atoms with Gasteiger partial charge in [0.2, 0.25) is 0 Å². The molecule has 0 bridgehead atoms. The Labute approximate surface area is 75.2 Å². The zero-order chi connectivity index (χ0) is 8.67. The molecule has 0 saturated heterocycles. The number of hydrogen-bond acceptors (Lipinski definition) is 2. The summed E-state index contributed by atoms with van der Waals surface area (Å²) in [5.74, 6) is 0. The van der Waals surface area contributed by atoms with Crippen LogP contribution in [0.3, 0.4) is 0 Å². The van der Waals surface area contributed by atoms with Crippen LogP contribution in [0.4, 0.5) is 0 Å². The summed E-state index contributed by atoms with van der Waals surface area (Å²) in [6, 6.07) is 7.98. The molecule has 0 atom stereocenters. The minimum atomic E-state index is 0.906. The minimum absolute atomic E-state index is 0.906. The van der Waals surface area contributed by atoms with Crippen molar-refractivity contribution in [2.24, 2.45) is 0 Å². The first-order chi connectivity index (χ1) is 6.45. The van der Waals surface area contributed by atoms with Gasteiger partial charge in [-0.2, -0.15) is 0 Å². The van der Waals surface area contributed by atoms with Crippen LogP contribution < -0.4 is 0 Å². The lowest BCUT2D eigenvalue weighted by Gasteiger charge is -2.01. The highest BCUT2D eigenvalue weighted by Gasteiger charge is 2.08. The first-order valence-electron chi connectivity index (χ1n) is 4.15. The summed E-state index contributed by atoms with van der Waals surface area (Å²) >= 11 is 0. The highest BCUT2D eigenvalue weighted by Crippen LogP contribution is 2.29. The number of hydrogen-bond donors (Lipinski definition) is 0. The third-order valence-electron chi connectivity index (χ3n) is 2.22. The molecule has 0 N–H and O–H groups in total. The number of benzene rings is 1. The number of fused-ring (bicyclic) bond motifs is 3. The van der Waals surface area contributed by atoms with Crippen LogP contribution in [0.25, 0.3) is 22.1 Å². The maximum atomic E-state index is 5.44. The second-order valence-corrected chi connectivity index (χ2v) is 3.01. The molecule has 1 aromatic carbocycles. The Hall–Kier alpha value is -1.83. The van der Waals surface area contributed by atoms with Crippen LogP contribution in [0.1, 0.15) is 0 Å². The summed E-state index contributed by atoms with van der Waals surface area (Å²) in [7, 11) is 0. The third kappa shape index (κ3) is 0.855. The van der Waals surface area contributed by atoms with Crippen LogP contribution in [-0.2, 0) is 0 Å². The molecule has 62 valence electrons. The summed E-state index contributed by atoms with van der Waals surface area (Å²) in [4.78, 5) is 4.09. The van der Waals surface area contributed by atoms with Gasteiger partial charge in [0, 0.05) is 28.9 Å². The molecule has 2 aliphatic heterocycles. The van der Waals surface area contributed by atoms with E-state index >= 15 is 0 Å². The third-order valence-corrected chi connectivity index (χ3v) is 2.22. The van der Waals surface area contributed by atoms with Gasteiger partial charge in [-0.15, -0.1) is 0 Å². The van der Waals surface area contributed by atoms with Gasteiger partial charge in [-0.1, -0.05) is 18.2 Å². The molecule has 13 heavy (non-hydrogen) atoms.